The summed E-state index contributed by atoms with van der Waals surface area (Å²) in [4.78, 5) is 14.6. The van der Waals surface area contributed by atoms with E-state index in [0.29, 0.717) is 28.3 Å². The second-order valence-electron chi connectivity index (χ2n) is 6.72. The lowest BCUT2D eigenvalue weighted by Gasteiger charge is -2.32. The molecule has 4 rings (SSSR count). The highest BCUT2D eigenvalue weighted by molar-refractivity contribution is 6.39. The Morgan fingerprint density at radius 3 is 2.46 bits per heavy atom. The van der Waals surface area contributed by atoms with Crippen LogP contribution < -0.4 is 9.47 Å². The van der Waals surface area contributed by atoms with E-state index in [1.165, 1.54) is 5.56 Å². The predicted octanol–water partition coefficient (Wildman–Crippen LogP) is 4.82. The van der Waals surface area contributed by atoms with Gasteiger partial charge in [-0.1, -0.05) is 35.3 Å². The quantitative estimate of drug-likeness (QED) is 0.752. The van der Waals surface area contributed by atoms with Crippen LogP contribution in [0.25, 0.3) is 0 Å². The minimum atomic E-state index is -0.0814. The molecule has 1 amide bonds. The van der Waals surface area contributed by atoms with Gasteiger partial charge < -0.3 is 14.4 Å². The molecule has 0 aliphatic carbocycles. The van der Waals surface area contributed by atoms with Crippen LogP contribution in [-0.2, 0) is 6.42 Å². The number of fused-ring (bicyclic) bond motifs is 1. The highest BCUT2D eigenvalue weighted by atomic mass is 35.5. The molecule has 26 heavy (non-hydrogen) atoms. The van der Waals surface area contributed by atoms with Gasteiger partial charge in [-0.05, 0) is 55.0 Å². The molecular formula is C20H19Cl2NO3. The monoisotopic (exact) mass is 391 g/mol. The fourth-order valence-electron chi connectivity index (χ4n) is 3.60. The molecule has 0 saturated carbocycles. The van der Waals surface area contributed by atoms with Crippen molar-refractivity contribution in [1.82, 2.24) is 4.90 Å². The molecule has 0 atom stereocenters. The topological polar surface area (TPSA) is 38.8 Å². The lowest BCUT2D eigenvalue weighted by Crippen LogP contribution is -2.39. The van der Waals surface area contributed by atoms with E-state index in [9.17, 15) is 4.79 Å². The van der Waals surface area contributed by atoms with Crippen LogP contribution in [-0.4, -0.2) is 30.7 Å². The summed E-state index contributed by atoms with van der Waals surface area (Å²) in [6, 6.07) is 11.3. The van der Waals surface area contributed by atoms with Crippen LogP contribution in [0, 0.1) is 5.92 Å². The third-order valence-corrected chi connectivity index (χ3v) is 5.67. The standard InChI is InChI=1S/C20H19Cl2NO3/c21-15-2-1-3-16(22)19(15)20(24)23-8-6-13(7-9-23)10-14-4-5-17-18(11-14)26-12-25-17/h1-5,11,13H,6-10,12H2. The number of piperidine rings is 1. The van der Waals surface area contributed by atoms with Crippen LogP contribution >= 0.6 is 23.2 Å². The van der Waals surface area contributed by atoms with Gasteiger partial charge in [-0.2, -0.15) is 0 Å². The van der Waals surface area contributed by atoms with E-state index in [0.717, 1.165) is 43.9 Å². The smallest absolute Gasteiger partial charge is 0.256 e. The van der Waals surface area contributed by atoms with E-state index < -0.39 is 0 Å². The van der Waals surface area contributed by atoms with E-state index >= 15 is 0 Å². The molecule has 2 aliphatic heterocycles. The zero-order chi connectivity index (χ0) is 18.1. The molecule has 2 aliphatic rings. The van der Waals surface area contributed by atoms with Crippen molar-refractivity contribution in [2.45, 2.75) is 19.3 Å². The number of ether oxygens (including phenoxy) is 2. The molecule has 6 heteroatoms. The number of halogens is 2. The minimum absolute atomic E-state index is 0.0814. The van der Waals surface area contributed by atoms with E-state index in [1.54, 1.807) is 18.2 Å². The first kappa shape index (κ1) is 17.5. The SMILES string of the molecule is O=C(c1c(Cl)cccc1Cl)N1CCC(Cc2ccc3c(c2)OCO3)CC1. The van der Waals surface area contributed by atoms with Gasteiger partial charge in [0.2, 0.25) is 6.79 Å². The van der Waals surface area contributed by atoms with Crippen molar-refractivity contribution >= 4 is 29.1 Å². The average Bonchev–Trinajstić information content (AvgIpc) is 3.10. The normalized spacial score (nSPS) is 16.8. The van der Waals surface area contributed by atoms with Gasteiger partial charge in [-0.15, -0.1) is 0 Å². The van der Waals surface area contributed by atoms with Crippen LogP contribution in [0.3, 0.4) is 0 Å². The number of amides is 1. The van der Waals surface area contributed by atoms with Crippen molar-refractivity contribution in [3.63, 3.8) is 0 Å². The second-order valence-corrected chi connectivity index (χ2v) is 7.54. The molecule has 1 fully saturated rings. The first-order valence-corrected chi connectivity index (χ1v) is 9.49. The summed E-state index contributed by atoms with van der Waals surface area (Å²) >= 11 is 12.3. The number of hydrogen-bond donors (Lipinski definition) is 0. The maximum Gasteiger partial charge on any atom is 0.256 e. The minimum Gasteiger partial charge on any atom is -0.454 e. The Bertz CT molecular complexity index is 812. The molecule has 2 aromatic carbocycles. The van der Waals surface area contributed by atoms with Crippen molar-refractivity contribution in [3.8, 4) is 11.5 Å². The zero-order valence-corrected chi connectivity index (χ0v) is 15.7. The number of hydrogen-bond acceptors (Lipinski definition) is 3. The van der Waals surface area contributed by atoms with Gasteiger partial charge in [-0.25, -0.2) is 0 Å². The molecule has 136 valence electrons. The lowest BCUT2D eigenvalue weighted by atomic mass is 9.90. The third kappa shape index (κ3) is 3.49. The van der Waals surface area contributed by atoms with Gasteiger partial charge in [0, 0.05) is 13.1 Å². The Balaban J connectivity index is 1.37. The van der Waals surface area contributed by atoms with E-state index in [2.05, 4.69) is 12.1 Å². The predicted molar refractivity (Wildman–Crippen MR) is 101 cm³/mol. The number of carbonyl (C=O) groups excluding carboxylic acids is 1. The van der Waals surface area contributed by atoms with Crippen LogP contribution in [0.15, 0.2) is 36.4 Å². The fraction of sp³-hybridized carbons (Fsp3) is 0.350. The summed E-state index contributed by atoms with van der Waals surface area (Å²) in [6.07, 6.45) is 2.90. The molecular weight excluding hydrogens is 373 g/mol. The van der Waals surface area contributed by atoms with E-state index in [1.807, 2.05) is 11.0 Å². The van der Waals surface area contributed by atoms with Crippen molar-refractivity contribution in [1.29, 1.82) is 0 Å². The van der Waals surface area contributed by atoms with Crippen LogP contribution in [0.5, 0.6) is 11.5 Å². The molecule has 0 aromatic heterocycles. The van der Waals surface area contributed by atoms with Crippen molar-refractivity contribution < 1.29 is 14.3 Å². The Labute approximate surface area is 162 Å². The molecule has 4 nitrogen and oxygen atoms in total. The van der Waals surface area contributed by atoms with Gasteiger partial charge >= 0.3 is 0 Å². The largest absolute Gasteiger partial charge is 0.454 e. The van der Waals surface area contributed by atoms with Crippen molar-refractivity contribution in [2.75, 3.05) is 19.9 Å². The summed E-state index contributed by atoms with van der Waals surface area (Å²) < 4.78 is 10.8. The van der Waals surface area contributed by atoms with E-state index in [4.69, 9.17) is 32.7 Å². The molecule has 0 N–H and O–H groups in total. The number of benzene rings is 2. The fourth-order valence-corrected chi connectivity index (χ4v) is 4.16. The Kier molecular flexibility index (Phi) is 4.96. The molecule has 2 heterocycles. The Morgan fingerprint density at radius 2 is 1.73 bits per heavy atom. The number of likely N-dealkylation sites (tertiary alicyclic amines) is 1. The van der Waals surface area contributed by atoms with Gasteiger partial charge in [0.25, 0.3) is 5.91 Å². The Morgan fingerprint density at radius 1 is 1.04 bits per heavy atom. The summed E-state index contributed by atoms with van der Waals surface area (Å²) in [6.45, 7) is 1.73. The molecule has 2 aromatic rings. The second kappa shape index (κ2) is 7.37. The molecule has 0 spiro atoms. The highest BCUT2D eigenvalue weighted by Crippen LogP contribution is 2.34. The highest BCUT2D eigenvalue weighted by Gasteiger charge is 2.26. The van der Waals surface area contributed by atoms with Gasteiger partial charge in [0.05, 0.1) is 15.6 Å². The third-order valence-electron chi connectivity index (χ3n) is 5.04. The molecule has 0 bridgehead atoms. The number of rotatable bonds is 3. The molecule has 0 radical (unpaired) electrons. The van der Waals surface area contributed by atoms with Gasteiger partial charge in [0.1, 0.15) is 0 Å². The number of carbonyl (C=O) groups is 1. The Hall–Kier alpha value is -1.91. The van der Waals surface area contributed by atoms with E-state index in [-0.39, 0.29) is 5.91 Å². The maximum absolute atomic E-state index is 12.8. The van der Waals surface area contributed by atoms with Crippen molar-refractivity contribution in [2.24, 2.45) is 5.92 Å². The average molecular weight is 392 g/mol. The summed E-state index contributed by atoms with van der Waals surface area (Å²) in [5.74, 6) is 2.09. The first-order valence-electron chi connectivity index (χ1n) is 8.73. The number of nitrogens with zero attached hydrogens (tertiary/aromatic N) is 1. The lowest BCUT2D eigenvalue weighted by molar-refractivity contribution is 0.0691. The maximum atomic E-state index is 12.8. The zero-order valence-electron chi connectivity index (χ0n) is 14.2. The summed E-state index contributed by atoms with van der Waals surface area (Å²) in [7, 11) is 0. The summed E-state index contributed by atoms with van der Waals surface area (Å²) in [5, 5.41) is 0.815. The molecule has 0 unspecified atom stereocenters. The van der Waals surface area contributed by atoms with Crippen molar-refractivity contribution in [3.05, 3.63) is 57.6 Å². The summed E-state index contributed by atoms with van der Waals surface area (Å²) in [5.41, 5.74) is 1.65. The first-order chi connectivity index (χ1) is 12.6. The van der Waals surface area contributed by atoms with Crippen LogP contribution in [0.4, 0.5) is 0 Å². The van der Waals surface area contributed by atoms with Crippen LogP contribution in [0.1, 0.15) is 28.8 Å². The van der Waals surface area contributed by atoms with Gasteiger partial charge in [0.15, 0.2) is 11.5 Å². The van der Waals surface area contributed by atoms with Gasteiger partial charge in [-0.3, -0.25) is 4.79 Å². The van der Waals surface area contributed by atoms with Crippen LogP contribution in [0.2, 0.25) is 10.0 Å². The molecule has 1 saturated heterocycles.